The van der Waals surface area contributed by atoms with Crippen LogP contribution in [0.3, 0.4) is 0 Å². The summed E-state index contributed by atoms with van der Waals surface area (Å²) in [7, 11) is 0. The molecule has 1 saturated heterocycles. The van der Waals surface area contributed by atoms with E-state index in [0.717, 1.165) is 11.5 Å². The van der Waals surface area contributed by atoms with Crippen molar-refractivity contribution in [3.63, 3.8) is 0 Å². The second-order valence-electron chi connectivity index (χ2n) is 3.97. The lowest BCUT2D eigenvalue weighted by Crippen LogP contribution is -2.53. The Morgan fingerprint density at radius 1 is 1.59 bits per heavy atom. The molecular formula is C10H18N2O4S. The molecule has 0 radical (unpaired) electrons. The van der Waals surface area contributed by atoms with Gasteiger partial charge in [-0.3, -0.25) is 0 Å². The molecule has 1 heterocycles. The predicted molar refractivity (Wildman–Crippen MR) is 65.2 cm³/mol. The first-order chi connectivity index (χ1) is 8.06. The van der Waals surface area contributed by atoms with E-state index in [1.54, 1.807) is 16.7 Å². The number of aliphatic carboxylic acids is 1. The molecule has 0 aromatic heterocycles. The first kappa shape index (κ1) is 14.1. The molecule has 1 unspecified atom stereocenters. The van der Waals surface area contributed by atoms with Crippen molar-refractivity contribution in [3.05, 3.63) is 0 Å². The number of carboxylic acid groups (broad SMARTS) is 1. The standard InChI is InChI=1S/C10H18N2O4S/c1-7-6-17-5-3-12(7)10(16)11-8(2-4-13)9(14)15/h7-8,13H,2-6H2,1H3,(H,11,16)(H,14,15)/t7?,8-/m0/s1. The van der Waals surface area contributed by atoms with Gasteiger partial charge in [-0.1, -0.05) is 0 Å². The minimum atomic E-state index is -1.12. The van der Waals surface area contributed by atoms with Crippen molar-refractivity contribution in [2.24, 2.45) is 0 Å². The molecule has 1 fully saturated rings. The van der Waals surface area contributed by atoms with Crippen LogP contribution in [0.4, 0.5) is 4.79 Å². The lowest BCUT2D eigenvalue weighted by molar-refractivity contribution is -0.139. The molecule has 1 aliphatic heterocycles. The zero-order chi connectivity index (χ0) is 12.8. The molecule has 17 heavy (non-hydrogen) atoms. The number of carbonyl (C=O) groups is 2. The lowest BCUT2D eigenvalue weighted by Gasteiger charge is -2.33. The summed E-state index contributed by atoms with van der Waals surface area (Å²) in [6, 6.07) is -1.27. The van der Waals surface area contributed by atoms with Gasteiger partial charge in [0.25, 0.3) is 0 Å². The molecule has 0 aliphatic carbocycles. The average molecular weight is 262 g/mol. The van der Waals surface area contributed by atoms with Crippen LogP contribution in [0.2, 0.25) is 0 Å². The molecule has 1 aliphatic rings. The number of thioether (sulfide) groups is 1. The normalized spacial score (nSPS) is 22.0. The van der Waals surface area contributed by atoms with E-state index in [0.29, 0.717) is 6.54 Å². The maximum absolute atomic E-state index is 11.9. The van der Waals surface area contributed by atoms with Crippen LogP contribution in [0, 0.1) is 0 Å². The van der Waals surface area contributed by atoms with E-state index < -0.39 is 12.0 Å². The van der Waals surface area contributed by atoms with Crippen LogP contribution >= 0.6 is 11.8 Å². The number of carbonyl (C=O) groups excluding carboxylic acids is 1. The Balaban J connectivity index is 2.53. The monoisotopic (exact) mass is 262 g/mol. The average Bonchev–Trinajstić information content (AvgIpc) is 2.28. The molecule has 98 valence electrons. The van der Waals surface area contributed by atoms with Gasteiger partial charge in [0, 0.05) is 37.1 Å². The van der Waals surface area contributed by atoms with Crippen LogP contribution in [-0.4, -0.2) is 63.9 Å². The van der Waals surface area contributed by atoms with Crippen molar-refractivity contribution < 1.29 is 19.8 Å². The fourth-order valence-corrected chi connectivity index (χ4v) is 2.66. The molecule has 1 rings (SSSR count). The summed E-state index contributed by atoms with van der Waals surface area (Å²) in [5.41, 5.74) is 0. The Kier molecular flexibility index (Phi) is 5.57. The number of urea groups is 1. The van der Waals surface area contributed by atoms with E-state index in [4.69, 9.17) is 10.2 Å². The second kappa shape index (κ2) is 6.70. The molecule has 0 saturated carbocycles. The van der Waals surface area contributed by atoms with Gasteiger partial charge in [-0.2, -0.15) is 11.8 Å². The zero-order valence-electron chi connectivity index (χ0n) is 9.76. The highest BCUT2D eigenvalue weighted by Gasteiger charge is 2.27. The Morgan fingerprint density at radius 2 is 2.29 bits per heavy atom. The van der Waals surface area contributed by atoms with Crippen molar-refractivity contribution >= 4 is 23.8 Å². The molecule has 7 heteroatoms. The fourth-order valence-electron chi connectivity index (χ4n) is 1.65. The smallest absolute Gasteiger partial charge is 0.326 e. The highest BCUT2D eigenvalue weighted by Crippen LogP contribution is 2.16. The van der Waals surface area contributed by atoms with Crippen molar-refractivity contribution in [1.29, 1.82) is 0 Å². The molecule has 2 atom stereocenters. The van der Waals surface area contributed by atoms with E-state index in [1.807, 2.05) is 6.92 Å². The Hall–Kier alpha value is -0.950. The van der Waals surface area contributed by atoms with Crippen LogP contribution in [-0.2, 0) is 4.79 Å². The molecule has 2 amide bonds. The number of nitrogens with one attached hydrogen (secondary N) is 1. The van der Waals surface area contributed by atoms with E-state index in [1.165, 1.54) is 0 Å². The highest BCUT2D eigenvalue weighted by molar-refractivity contribution is 7.99. The maximum atomic E-state index is 11.9. The summed E-state index contributed by atoms with van der Waals surface area (Å²) in [6.07, 6.45) is 0.0258. The predicted octanol–water partition coefficient (Wildman–Crippen LogP) is -0.0311. The molecule has 3 N–H and O–H groups in total. The van der Waals surface area contributed by atoms with Gasteiger partial charge in [-0.25, -0.2) is 9.59 Å². The summed E-state index contributed by atoms with van der Waals surface area (Å²) in [4.78, 5) is 24.3. The van der Waals surface area contributed by atoms with Gasteiger partial charge in [-0.05, 0) is 6.92 Å². The number of hydrogen-bond donors (Lipinski definition) is 3. The lowest BCUT2D eigenvalue weighted by atomic mass is 10.2. The van der Waals surface area contributed by atoms with Crippen LogP contribution in [0.15, 0.2) is 0 Å². The summed E-state index contributed by atoms with van der Waals surface area (Å²) in [6.45, 7) is 2.30. The van der Waals surface area contributed by atoms with Gasteiger partial charge < -0.3 is 20.4 Å². The first-order valence-corrected chi connectivity index (χ1v) is 6.70. The number of rotatable bonds is 4. The van der Waals surface area contributed by atoms with Gasteiger partial charge in [0.15, 0.2) is 0 Å². The topological polar surface area (TPSA) is 89.9 Å². The summed E-state index contributed by atoms with van der Waals surface area (Å²) >= 11 is 1.78. The van der Waals surface area contributed by atoms with Crippen LogP contribution in [0.1, 0.15) is 13.3 Å². The largest absolute Gasteiger partial charge is 0.480 e. The van der Waals surface area contributed by atoms with Crippen LogP contribution < -0.4 is 5.32 Å². The quantitative estimate of drug-likeness (QED) is 0.662. The van der Waals surface area contributed by atoms with Crippen molar-refractivity contribution in [3.8, 4) is 0 Å². The first-order valence-electron chi connectivity index (χ1n) is 5.54. The van der Waals surface area contributed by atoms with Gasteiger partial charge in [0.2, 0.25) is 0 Å². The fraction of sp³-hybridized carbons (Fsp3) is 0.800. The zero-order valence-corrected chi connectivity index (χ0v) is 10.6. The summed E-state index contributed by atoms with van der Waals surface area (Å²) in [5, 5.41) is 20.0. The van der Waals surface area contributed by atoms with E-state index in [2.05, 4.69) is 5.32 Å². The second-order valence-corrected chi connectivity index (χ2v) is 5.12. The molecular weight excluding hydrogens is 244 g/mol. The Bertz CT molecular complexity index is 287. The number of carboxylic acids is 1. The minimum absolute atomic E-state index is 0.0258. The van der Waals surface area contributed by atoms with E-state index in [-0.39, 0.29) is 25.1 Å². The van der Waals surface area contributed by atoms with Gasteiger partial charge in [0.1, 0.15) is 6.04 Å². The molecule has 6 nitrogen and oxygen atoms in total. The molecule has 0 aromatic carbocycles. The Labute approximate surface area is 104 Å². The van der Waals surface area contributed by atoms with E-state index >= 15 is 0 Å². The SMILES string of the molecule is CC1CSCCN1C(=O)N[C@@H](CCO)C(=O)O. The molecule has 0 spiro atoms. The molecule has 0 aromatic rings. The van der Waals surface area contributed by atoms with E-state index in [9.17, 15) is 9.59 Å². The summed E-state index contributed by atoms with van der Waals surface area (Å²) in [5.74, 6) is 0.618. The van der Waals surface area contributed by atoms with Gasteiger partial charge >= 0.3 is 12.0 Å². The summed E-state index contributed by atoms with van der Waals surface area (Å²) < 4.78 is 0. The third-order valence-corrected chi connectivity index (χ3v) is 3.83. The van der Waals surface area contributed by atoms with Crippen molar-refractivity contribution in [2.75, 3.05) is 24.7 Å². The minimum Gasteiger partial charge on any atom is -0.480 e. The van der Waals surface area contributed by atoms with Crippen molar-refractivity contribution in [2.45, 2.75) is 25.4 Å². The third-order valence-electron chi connectivity index (χ3n) is 2.64. The number of aliphatic hydroxyl groups is 1. The van der Waals surface area contributed by atoms with Crippen LogP contribution in [0.25, 0.3) is 0 Å². The number of aliphatic hydroxyl groups excluding tert-OH is 1. The maximum Gasteiger partial charge on any atom is 0.326 e. The van der Waals surface area contributed by atoms with Gasteiger partial charge in [0.05, 0.1) is 0 Å². The Morgan fingerprint density at radius 3 is 2.82 bits per heavy atom. The number of hydrogen-bond acceptors (Lipinski definition) is 4. The van der Waals surface area contributed by atoms with Crippen LogP contribution in [0.5, 0.6) is 0 Å². The molecule has 0 bridgehead atoms. The number of nitrogens with zero attached hydrogens (tertiary/aromatic N) is 1. The highest BCUT2D eigenvalue weighted by atomic mass is 32.2. The van der Waals surface area contributed by atoms with Crippen molar-refractivity contribution in [1.82, 2.24) is 10.2 Å². The third kappa shape index (κ3) is 4.08. The number of amides is 2. The van der Waals surface area contributed by atoms with Gasteiger partial charge in [-0.15, -0.1) is 0 Å².